The molecule has 0 N–H and O–H groups in total. The highest BCUT2D eigenvalue weighted by Gasteiger charge is 2.34. The number of rotatable bonds is 5. The summed E-state index contributed by atoms with van der Waals surface area (Å²) in [5, 5.41) is 2.59. The fourth-order valence-electron chi connectivity index (χ4n) is 8.64. The van der Waals surface area contributed by atoms with Gasteiger partial charge >= 0.3 is 0 Å². The van der Waals surface area contributed by atoms with Gasteiger partial charge in [-0.05, 0) is 103 Å². The van der Waals surface area contributed by atoms with Gasteiger partial charge in [-0.3, -0.25) is 0 Å². The standard InChI is InChI=1S/C51H37N/c1-51(2)45-25-12-13-27-48(45)52-47-29-28-38(31-44(47)41-24-15-26-46(51)50(41)52)37-22-14-23-39(30-37)49-42(35-18-8-4-9-19-35)32-40(34-16-6-3-7-17-34)33-43(49)36-20-10-5-11-21-36/h3-33H,1-2H3. The third kappa shape index (κ3) is 4.70. The highest BCUT2D eigenvalue weighted by Crippen LogP contribution is 2.48. The van der Waals surface area contributed by atoms with Gasteiger partial charge in [0.2, 0.25) is 0 Å². The molecule has 246 valence electrons. The Hall–Kier alpha value is -6.44. The van der Waals surface area contributed by atoms with Crippen LogP contribution in [0.4, 0.5) is 0 Å². The lowest BCUT2D eigenvalue weighted by Crippen LogP contribution is -2.26. The number of hydrogen-bond acceptors (Lipinski definition) is 0. The second kappa shape index (κ2) is 11.8. The molecule has 8 aromatic carbocycles. The van der Waals surface area contributed by atoms with E-state index >= 15 is 0 Å². The summed E-state index contributed by atoms with van der Waals surface area (Å²) in [6, 6.07) is 69.1. The minimum absolute atomic E-state index is 0.0827. The van der Waals surface area contributed by atoms with Gasteiger partial charge < -0.3 is 4.57 Å². The molecule has 1 aromatic heterocycles. The third-order valence-electron chi connectivity index (χ3n) is 11.2. The van der Waals surface area contributed by atoms with E-state index in [2.05, 4.69) is 206 Å². The van der Waals surface area contributed by atoms with E-state index in [0.29, 0.717) is 0 Å². The van der Waals surface area contributed by atoms with Crippen molar-refractivity contribution < 1.29 is 0 Å². The molecule has 52 heavy (non-hydrogen) atoms. The minimum atomic E-state index is -0.0827. The van der Waals surface area contributed by atoms with Crippen LogP contribution >= 0.6 is 0 Å². The smallest absolute Gasteiger partial charge is 0.0582 e. The second-order valence-corrected chi connectivity index (χ2v) is 14.5. The Kier molecular flexibility index (Phi) is 6.91. The van der Waals surface area contributed by atoms with E-state index in [4.69, 9.17) is 0 Å². The van der Waals surface area contributed by atoms with Crippen LogP contribution in [0.5, 0.6) is 0 Å². The van der Waals surface area contributed by atoms with Crippen LogP contribution in [0.2, 0.25) is 0 Å². The van der Waals surface area contributed by atoms with Crippen molar-refractivity contribution in [2.45, 2.75) is 19.3 Å². The van der Waals surface area contributed by atoms with Crippen LogP contribution in [0.1, 0.15) is 25.0 Å². The Labute approximate surface area is 305 Å². The van der Waals surface area contributed by atoms with E-state index in [0.717, 1.165) is 0 Å². The zero-order chi connectivity index (χ0) is 34.8. The molecule has 0 saturated heterocycles. The molecule has 1 heteroatoms. The van der Waals surface area contributed by atoms with Crippen LogP contribution in [0, 0.1) is 0 Å². The normalized spacial score (nSPS) is 13.0. The Morgan fingerprint density at radius 1 is 0.365 bits per heavy atom. The van der Waals surface area contributed by atoms with E-state index in [1.165, 1.54) is 94.3 Å². The van der Waals surface area contributed by atoms with Gasteiger partial charge in [0.1, 0.15) is 0 Å². The topological polar surface area (TPSA) is 4.93 Å². The first-order chi connectivity index (χ1) is 25.6. The van der Waals surface area contributed by atoms with Crippen molar-refractivity contribution in [2.75, 3.05) is 0 Å². The van der Waals surface area contributed by atoms with Crippen molar-refractivity contribution in [3.63, 3.8) is 0 Å². The Bertz CT molecular complexity index is 2730. The first-order valence-electron chi connectivity index (χ1n) is 18.2. The second-order valence-electron chi connectivity index (χ2n) is 14.5. The molecule has 1 aliphatic heterocycles. The van der Waals surface area contributed by atoms with Crippen molar-refractivity contribution >= 4 is 21.8 Å². The van der Waals surface area contributed by atoms with E-state index < -0.39 is 0 Å². The van der Waals surface area contributed by atoms with E-state index in [-0.39, 0.29) is 5.41 Å². The SMILES string of the molecule is CC1(C)c2ccccc2-n2c3ccc(-c4cccc(-c5c(-c6ccccc6)cc(-c6ccccc6)cc5-c5ccccc5)c4)cc3c3cccc1c32. The van der Waals surface area contributed by atoms with E-state index in [1.54, 1.807) is 0 Å². The summed E-state index contributed by atoms with van der Waals surface area (Å²) in [7, 11) is 0. The van der Waals surface area contributed by atoms with E-state index in [1.807, 2.05) is 0 Å². The first-order valence-corrected chi connectivity index (χ1v) is 18.2. The molecular formula is C51H37N. The van der Waals surface area contributed by atoms with Crippen molar-refractivity contribution in [2.24, 2.45) is 0 Å². The molecule has 0 unspecified atom stereocenters. The molecule has 0 aliphatic carbocycles. The molecule has 0 amide bonds. The number of benzene rings is 8. The molecule has 9 aromatic rings. The predicted molar refractivity (Wildman–Crippen MR) is 220 cm³/mol. The van der Waals surface area contributed by atoms with Crippen LogP contribution in [0.15, 0.2) is 188 Å². The number of para-hydroxylation sites is 2. The summed E-state index contributed by atoms with van der Waals surface area (Å²) >= 11 is 0. The molecule has 2 heterocycles. The van der Waals surface area contributed by atoms with Gasteiger partial charge in [0, 0.05) is 16.2 Å². The highest BCUT2D eigenvalue weighted by atomic mass is 15.0. The number of fused-ring (bicyclic) bond motifs is 5. The first kappa shape index (κ1) is 30.4. The molecule has 0 spiro atoms. The summed E-state index contributed by atoms with van der Waals surface area (Å²) in [5.41, 5.74) is 18.7. The summed E-state index contributed by atoms with van der Waals surface area (Å²) in [5.74, 6) is 0. The zero-order valence-corrected chi connectivity index (χ0v) is 29.3. The van der Waals surface area contributed by atoms with Gasteiger partial charge in [0.15, 0.2) is 0 Å². The maximum Gasteiger partial charge on any atom is 0.0582 e. The Morgan fingerprint density at radius 2 is 0.904 bits per heavy atom. The molecule has 10 rings (SSSR count). The highest BCUT2D eigenvalue weighted by molar-refractivity contribution is 6.12. The fraction of sp³-hybridized carbons (Fsp3) is 0.0588. The van der Waals surface area contributed by atoms with Crippen molar-refractivity contribution in [1.82, 2.24) is 4.57 Å². The van der Waals surface area contributed by atoms with Crippen molar-refractivity contribution in [3.8, 4) is 61.3 Å². The van der Waals surface area contributed by atoms with Gasteiger partial charge in [-0.25, -0.2) is 0 Å². The summed E-state index contributed by atoms with van der Waals surface area (Å²) in [6.07, 6.45) is 0. The minimum Gasteiger partial charge on any atom is -0.309 e. The lowest BCUT2D eigenvalue weighted by molar-refractivity contribution is 0.630. The van der Waals surface area contributed by atoms with Crippen LogP contribution in [-0.2, 0) is 5.41 Å². The van der Waals surface area contributed by atoms with Gasteiger partial charge in [-0.1, -0.05) is 166 Å². The maximum absolute atomic E-state index is 2.49. The lowest BCUT2D eigenvalue weighted by atomic mass is 9.75. The van der Waals surface area contributed by atoms with Gasteiger partial charge in [-0.2, -0.15) is 0 Å². The Morgan fingerprint density at radius 3 is 1.60 bits per heavy atom. The van der Waals surface area contributed by atoms with Crippen LogP contribution in [0.25, 0.3) is 83.1 Å². The number of nitrogens with zero attached hydrogens (tertiary/aromatic N) is 1. The summed E-state index contributed by atoms with van der Waals surface area (Å²) < 4.78 is 2.49. The van der Waals surface area contributed by atoms with Crippen molar-refractivity contribution in [3.05, 3.63) is 199 Å². The van der Waals surface area contributed by atoms with Gasteiger partial charge in [-0.15, -0.1) is 0 Å². The van der Waals surface area contributed by atoms with E-state index in [9.17, 15) is 0 Å². The summed E-state index contributed by atoms with van der Waals surface area (Å²) in [6.45, 7) is 4.72. The van der Waals surface area contributed by atoms with Gasteiger partial charge in [0.25, 0.3) is 0 Å². The quantitative estimate of drug-likeness (QED) is 0.173. The maximum atomic E-state index is 2.49. The monoisotopic (exact) mass is 663 g/mol. The van der Waals surface area contributed by atoms with Gasteiger partial charge in [0.05, 0.1) is 16.7 Å². The molecular weight excluding hydrogens is 627 g/mol. The van der Waals surface area contributed by atoms with Crippen LogP contribution in [-0.4, -0.2) is 4.57 Å². The molecule has 0 atom stereocenters. The largest absolute Gasteiger partial charge is 0.309 e. The zero-order valence-electron chi connectivity index (χ0n) is 29.3. The summed E-state index contributed by atoms with van der Waals surface area (Å²) in [4.78, 5) is 0. The molecule has 1 aliphatic rings. The molecule has 0 bridgehead atoms. The average molecular weight is 664 g/mol. The molecule has 0 fully saturated rings. The lowest BCUT2D eigenvalue weighted by Gasteiger charge is -2.34. The van der Waals surface area contributed by atoms with Crippen LogP contribution < -0.4 is 0 Å². The van der Waals surface area contributed by atoms with Crippen LogP contribution in [0.3, 0.4) is 0 Å². The average Bonchev–Trinajstić information content (AvgIpc) is 3.55. The Balaban J connectivity index is 1.20. The predicted octanol–water partition coefficient (Wildman–Crippen LogP) is 13.8. The molecule has 0 radical (unpaired) electrons. The number of hydrogen-bond donors (Lipinski definition) is 0. The number of aromatic nitrogens is 1. The molecule has 1 nitrogen and oxygen atoms in total. The fourth-order valence-corrected chi connectivity index (χ4v) is 8.64. The third-order valence-corrected chi connectivity index (χ3v) is 11.2. The molecule has 0 saturated carbocycles. The van der Waals surface area contributed by atoms with Crippen molar-refractivity contribution in [1.29, 1.82) is 0 Å².